The van der Waals surface area contributed by atoms with Gasteiger partial charge in [0, 0.05) is 52.4 Å². The van der Waals surface area contributed by atoms with Gasteiger partial charge in [-0.15, -0.1) is 24.0 Å². The molecular weight excluding hydrogens is 488 g/mol. The van der Waals surface area contributed by atoms with E-state index in [2.05, 4.69) is 20.2 Å². The molecule has 0 unspecified atom stereocenters. The zero-order valence-electron chi connectivity index (χ0n) is 16.5. The third kappa shape index (κ3) is 6.55. The lowest BCUT2D eigenvalue weighted by atomic mass is 10.3. The van der Waals surface area contributed by atoms with Gasteiger partial charge < -0.3 is 19.9 Å². The summed E-state index contributed by atoms with van der Waals surface area (Å²) in [6.07, 6.45) is 1.67. The SMILES string of the molecule is CN=C(NCc1cc(Oc2ccc(F)cc2)ccn1)N1CCN(C(C)=O)CC1.I. The van der Waals surface area contributed by atoms with Gasteiger partial charge in [-0.1, -0.05) is 0 Å². The average molecular weight is 513 g/mol. The molecule has 1 amide bonds. The van der Waals surface area contributed by atoms with Crippen LogP contribution in [0.5, 0.6) is 11.5 Å². The van der Waals surface area contributed by atoms with Crippen molar-refractivity contribution in [2.45, 2.75) is 13.5 Å². The maximum absolute atomic E-state index is 13.0. The van der Waals surface area contributed by atoms with Crippen molar-refractivity contribution >= 4 is 35.8 Å². The van der Waals surface area contributed by atoms with Gasteiger partial charge in [0.1, 0.15) is 17.3 Å². The predicted octanol–water partition coefficient (Wildman–Crippen LogP) is 2.87. The van der Waals surface area contributed by atoms with E-state index in [1.54, 1.807) is 38.4 Å². The fourth-order valence-corrected chi connectivity index (χ4v) is 2.99. The highest BCUT2D eigenvalue weighted by Gasteiger charge is 2.20. The van der Waals surface area contributed by atoms with Crippen LogP contribution >= 0.6 is 24.0 Å². The van der Waals surface area contributed by atoms with E-state index in [-0.39, 0.29) is 35.7 Å². The molecule has 9 heteroatoms. The lowest BCUT2D eigenvalue weighted by Crippen LogP contribution is -2.53. The van der Waals surface area contributed by atoms with Crippen molar-refractivity contribution in [2.24, 2.45) is 4.99 Å². The fourth-order valence-electron chi connectivity index (χ4n) is 2.99. The number of carbonyl (C=O) groups is 1. The minimum atomic E-state index is -0.303. The molecule has 1 fully saturated rings. The first-order valence-electron chi connectivity index (χ1n) is 9.14. The van der Waals surface area contributed by atoms with Gasteiger partial charge in [0.2, 0.25) is 5.91 Å². The fraction of sp³-hybridized carbons (Fsp3) is 0.350. The van der Waals surface area contributed by atoms with Crippen LogP contribution in [0, 0.1) is 5.82 Å². The minimum absolute atomic E-state index is 0. The Kier molecular flexibility index (Phi) is 8.62. The second kappa shape index (κ2) is 10.9. The smallest absolute Gasteiger partial charge is 0.219 e. The molecule has 0 bridgehead atoms. The highest BCUT2D eigenvalue weighted by Crippen LogP contribution is 2.21. The summed E-state index contributed by atoms with van der Waals surface area (Å²) < 4.78 is 18.8. The number of nitrogens with zero attached hydrogens (tertiary/aromatic N) is 4. The van der Waals surface area contributed by atoms with Crippen molar-refractivity contribution in [3.05, 3.63) is 54.1 Å². The van der Waals surface area contributed by atoms with E-state index in [0.717, 1.165) is 24.7 Å². The summed E-state index contributed by atoms with van der Waals surface area (Å²) in [7, 11) is 1.74. The van der Waals surface area contributed by atoms with Crippen molar-refractivity contribution in [2.75, 3.05) is 33.2 Å². The van der Waals surface area contributed by atoms with Gasteiger partial charge in [-0.2, -0.15) is 0 Å². The molecule has 7 nitrogen and oxygen atoms in total. The number of guanidine groups is 1. The first kappa shape index (κ1) is 22.9. The summed E-state index contributed by atoms with van der Waals surface area (Å²) in [6, 6.07) is 9.45. The minimum Gasteiger partial charge on any atom is -0.457 e. The Balaban J connectivity index is 0.00000300. The van der Waals surface area contributed by atoms with Crippen molar-refractivity contribution in [1.29, 1.82) is 0 Å². The maximum Gasteiger partial charge on any atom is 0.219 e. The van der Waals surface area contributed by atoms with E-state index in [4.69, 9.17) is 4.74 Å². The number of rotatable bonds is 4. The summed E-state index contributed by atoms with van der Waals surface area (Å²) in [6.45, 7) is 4.93. The summed E-state index contributed by atoms with van der Waals surface area (Å²) in [5, 5.41) is 3.30. The van der Waals surface area contributed by atoms with Crippen LogP contribution in [-0.2, 0) is 11.3 Å². The monoisotopic (exact) mass is 513 g/mol. The van der Waals surface area contributed by atoms with Crippen LogP contribution in [-0.4, -0.2) is 59.9 Å². The van der Waals surface area contributed by atoms with Gasteiger partial charge >= 0.3 is 0 Å². The number of amides is 1. The van der Waals surface area contributed by atoms with Gasteiger partial charge in [-0.3, -0.25) is 14.8 Å². The van der Waals surface area contributed by atoms with E-state index in [0.29, 0.717) is 31.1 Å². The van der Waals surface area contributed by atoms with Crippen molar-refractivity contribution < 1.29 is 13.9 Å². The molecule has 0 spiro atoms. The molecule has 1 saturated heterocycles. The molecule has 29 heavy (non-hydrogen) atoms. The van der Waals surface area contributed by atoms with E-state index >= 15 is 0 Å². The normalized spacial score (nSPS) is 14.2. The Morgan fingerprint density at radius 3 is 2.41 bits per heavy atom. The Labute approximate surface area is 187 Å². The van der Waals surface area contributed by atoms with Crippen LogP contribution in [0.15, 0.2) is 47.6 Å². The lowest BCUT2D eigenvalue weighted by Gasteiger charge is -2.36. The molecular formula is C20H25FIN5O2. The number of hydrogen-bond acceptors (Lipinski definition) is 4. The van der Waals surface area contributed by atoms with Crippen LogP contribution in [0.2, 0.25) is 0 Å². The zero-order chi connectivity index (χ0) is 19.9. The average Bonchev–Trinajstić information content (AvgIpc) is 2.71. The molecule has 0 atom stereocenters. The summed E-state index contributed by atoms with van der Waals surface area (Å²) >= 11 is 0. The van der Waals surface area contributed by atoms with Crippen molar-refractivity contribution in [3.63, 3.8) is 0 Å². The number of pyridine rings is 1. The quantitative estimate of drug-likeness (QED) is 0.387. The lowest BCUT2D eigenvalue weighted by molar-refractivity contribution is -0.130. The van der Waals surface area contributed by atoms with Crippen LogP contribution < -0.4 is 10.1 Å². The molecule has 1 N–H and O–H groups in total. The Hall–Kier alpha value is -2.43. The third-order valence-electron chi connectivity index (χ3n) is 4.50. The number of ether oxygens (including phenoxy) is 1. The number of hydrogen-bond donors (Lipinski definition) is 1. The number of aliphatic imine (C=N–C) groups is 1. The highest BCUT2D eigenvalue weighted by molar-refractivity contribution is 14.0. The Morgan fingerprint density at radius 2 is 1.79 bits per heavy atom. The van der Waals surface area contributed by atoms with Crippen molar-refractivity contribution in [3.8, 4) is 11.5 Å². The number of piperazine rings is 1. The van der Waals surface area contributed by atoms with E-state index in [1.807, 2.05) is 11.0 Å². The molecule has 156 valence electrons. The standard InChI is InChI=1S/C20H24FN5O2.HI/c1-15(27)25-9-11-26(12-10-25)20(22-2)24-14-17-13-19(7-8-23-17)28-18-5-3-16(21)4-6-18;/h3-8,13H,9-12,14H2,1-2H3,(H,22,24);1H. The number of aromatic nitrogens is 1. The third-order valence-corrected chi connectivity index (χ3v) is 4.50. The maximum atomic E-state index is 13.0. The zero-order valence-corrected chi connectivity index (χ0v) is 18.8. The first-order valence-corrected chi connectivity index (χ1v) is 9.14. The molecule has 3 rings (SSSR count). The Bertz CT molecular complexity index is 839. The molecule has 1 aromatic heterocycles. The van der Waals surface area contributed by atoms with Crippen LogP contribution in [0.4, 0.5) is 4.39 Å². The molecule has 0 aliphatic carbocycles. The van der Waals surface area contributed by atoms with Gasteiger partial charge in [-0.25, -0.2) is 4.39 Å². The van der Waals surface area contributed by atoms with E-state index in [1.165, 1.54) is 12.1 Å². The van der Waals surface area contributed by atoms with Gasteiger partial charge in [0.05, 0.1) is 12.2 Å². The Morgan fingerprint density at radius 1 is 1.14 bits per heavy atom. The summed E-state index contributed by atoms with van der Waals surface area (Å²) in [5.74, 6) is 1.76. The van der Waals surface area contributed by atoms with Gasteiger partial charge in [0.15, 0.2) is 5.96 Å². The summed E-state index contributed by atoms with van der Waals surface area (Å²) in [5.41, 5.74) is 0.795. The topological polar surface area (TPSA) is 70.1 Å². The number of halogens is 2. The molecule has 1 aliphatic heterocycles. The van der Waals surface area contributed by atoms with E-state index in [9.17, 15) is 9.18 Å². The second-order valence-corrected chi connectivity index (χ2v) is 6.43. The van der Waals surface area contributed by atoms with Crippen LogP contribution in [0.1, 0.15) is 12.6 Å². The largest absolute Gasteiger partial charge is 0.457 e. The van der Waals surface area contributed by atoms with Gasteiger partial charge in [-0.05, 0) is 30.3 Å². The van der Waals surface area contributed by atoms with Crippen LogP contribution in [0.3, 0.4) is 0 Å². The molecule has 0 saturated carbocycles. The van der Waals surface area contributed by atoms with Crippen molar-refractivity contribution in [1.82, 2.24) is 20.1 Å². The van der Waals surface area contributed by atoms with Crippen LogP contribution in [0.25, 0.3) is 0 Å². The molecule has 1 aliphatic rings. The predicted molar refractivity (Wildman–Crippen MR) is 120 cm³/mol. The number of carbonyl (C=O) groups excluding carboxylic acids is 1. The number of benzene rings is 1. The molecule has 2 aromatic rings. The second-order valence-electron chi connectivity index (χ2n) is 6.43. The van der Waals surface area contributed by atoms with Gasteiger partial charge in [0.25, 0.3) is 0 Å². The highest BCUT2D eigenvalue weighted by atomic mass is 127. The molecule has 0 radical (unpaired) electrons. The molecule has 2 heterocycles. The summed E-state index contributed by atoms with van der Waals surface area (Å²) in [4.78, 5) is 24.1. The van der Waals surface area contributed by atoms with E-state index < -0.39 is 0 Å². The first-order chi connectivity index (χ1) is 13.5. The molecule has 1 aromatic carbocycles. The number of nitrogens with one attached hydrogen (secondary N) is 1.